The molecule has 0 bridgehead atoms. The van der Waals surface area contributed by atoms with Crippen molar-refractivity contribution >= 4 is 17.6 Å². The summed E-state index contributed by atoms with van der Waals surface area (Å²) in [5.74, 6) is 0.398. The monoisotopic (exact) mass is 541 g/mol. The molecule has 1 aromatic carbocycles. The molecular formula is C28H37F2N7O2. The van der Waals surface area contributed by atoms with Gasteiger partial charge in [0.25, 0.3) is 6.43 Å². The van der Waals surface area contributed by atoms with E-state index in [-0.39, 0.29) is 35.9 Å². The van der Waals surface area contributed by atoms with Gasteiger partial charge in [-0.1, -0.05) is 6.92 Å². The molecule has 1 fully saturated rings. The largest absolute Gasteiger partial charge is 0.385 e. The van der Waals surface area contributed by atoms with Gasteiger partial charge in [0.15, 0.2) is 0 Å². The lowest BCUT2D eigenvalue weighted by Gasteiger charge is -2.39. The van der Waals surface area contributed by atoms with Crippen LogP contribution in [0.5, 0.6) is 0 Å². The number of urea groups is 1. The molecular weight excluding hydrogens is 504 g/mol. The maximum absolute atomic E-state index is 14.4. The first-order valence-electron chi connectivity index (χ1n) is 13.6. The van der Waals surface area contributed by atoms with Gasteiger partial charge in [0.05, 0.1) is 12.7 Å². The number of rotatable bonds is 5. The zero-order valence-corrected chi connectivity index (χ0v) is 22.8. The minimum absolute atomic E-state index is 0.0705. The number of aryl methyl sites for hydroxylation is 1. The molecule has 0 unspecified atom stereocenters. The minimum Gasteiger partial charge on any atom is -0.385 e. The highest BCUT2D eigenvalue weighted by Gasteiger charge is 2.33. The topological polar surface area (TPSA) is 98.5 Å². The van der Waals surface area contributed by atoms with Crippen molar-refractivity contribution in [2.24, 2.45) is 7.05 Å². The summed E-state index contributed by atoms with van der Waals surface area (Å²) in [4.78, 5) is 16.1. The van der Waals surface area contributed by atoms with Crippen LogP contribution in [0.25, 0.3) is 11.1 Å². The molecule has 3 aliphatic rings. The van der Waals surface area contributed by atoms with Gasteiger partial charge in [-0.2, -0.15) is 5.10 Å². The summed E-state index contributed by atoms with van der Waals surface area (Å²) in [5.41, 5.74) is 4.30. The number of halogens is 2. The Balaban J connectivity index is 1.54. The Morgan fingerprint density at radius 3 is 2.64 bits per heavy atom. The van der Waals surface area contributed by atoms with Crippen LogP contribution in [0.1, 0.15) is 56.1 Å². The van der Waals surface area contributed by atoms with Gasteiger partial charge < -0.3 is 25.2 Å². The Bertz CT molecular complexity index is 1270. The van der Waals surface area contributed by atoms with Crippen LogP contribution in [-0.2, 0) is 11.8 Å². The molecule has 3 N–H and O–H groups in total. The van der Waals surface area contributed by atoms with E-state index in [1.165, 1.54) is 0 Å². The van der Waals surface area contributed by atoms with E-state index >= 15 is 0 Å². The minimum atomic E-state index is -2.68. The van der Waals surface area contributed by atoms with Gasteiger partial charge in [-0.25, -0.2) is 13.6 Å². The highest BCUT2D eigenvalue weighted by molar-refractivity contribution is 6.09. The van der Waals surface area contributed by atoms with Crippen molar-refractivity contribution in [3.8, 4) is 11.1 Å². The Labute approximate surface area is 227 Å². The SMILES string of the molecule is CNC(=O)N1CCC(NC2CCOCC2)=C(C(=N)N2CC[C@H](C)c3cc(-c4cnn(C)c4)c(C(F)F)cc32)C1. The van der Waals surface area contributed by atoms with Crippen molar-refractivity contribution in [2.75, 3.05) is 44.8 Å². The normalized spacial score (nSPS) is 20.3. The molecule has 0 saturated carbocycles. The van der Waals surface area contributed by atoms with Crippen molar-refractivity contribution in [3.63, 3.8) is 0 Å². The second kappa shape index (κ2) is 11.3. The number of hydrogen-bond acceptors (Lipinski definition) is 5. The summed E-state index contributed by atoms with van der Waals surface area (Å²) in [6.45, 7) is 4.83. The van der Waals surface area contributed by atoms with Crippen LogP contribution in [0.2, 0.25) is 0 Å². The highest BCUT2D eigenvalue weighted by atomic mass is 19.3. The number of carbonyl (C=O) groups is 1. The number of alkyl halides is 2. The van der Waals surface area contributed by atoms with Crippen LogP contribution in [0.3, 0.4) is 0 Å². The maximum Gasteiger partial charge on any atom is 0.317 e. The molecule has 5 rings (SSSR count). The number of amidine groups is 1. The number of nitrogens with one attached hydrogen (secondary N) is 3. The zero-order chi connectivity index (χ0) is 27.7. The quantitative estimate of drug-likeness (QED) is 0.386. The number of benzene rings is 1. The lowest BCUT2D eigenvalue weighted by atomic mass is 9.86. The third-order valence-corrected chi connectivity index (χ3v) is 8.06. The van der Waals surface area contributed by atoms with E-state index in [0.29, 0.717) is 49.5 Å². The van der Waals surface area contributed by atoms with Crippen LogP contribution in [0.15, 0.2) is 35.8 Å². The fourth-order valence-electron chi connectivity index (χ4n) is 5.79. The molecule has 1 aromatic heterocycles. The van der Waals surface area contributed by atoms with Gasteiger partial charge in [0.1, 0.15) is 5.84 Å². The maximum atomic E-state index is 14.4. The van der Waals surface area contributed by atoms with Crippen molar-refractivity contribution in [1.29, 1.82) is 5.41 Å². The molecule has 2 amide bonds. The molecule has 1 atom stereocenters. The summed E-state index contributed by atoms with van der Waals surface area (Å²) < 4.78 is 35.9. The van der Waals surface area contributed by atoms with E-state index in [9.17, 15) is 19.0 Å². The average molecular weight is 542 g/mol. The smallest absolute Gasteiger partial charge is 0.317 e. The van der Waals surface area contributed by atoms with Crippen molar-refractivity contribution in [3.05, 3.63) is 46.9 Å². The third-order valence-electron chi connectivity index (χ3n) is 8.06. The van der Waals surface area contributed by atoms with Crippen LogP contribution in [0, 0.1) is 5.41 Å². The predicted octanol–water partition coefficient (Wildman–Crippen LogP) is 4.38. The molecule has 2 aromatic rings. The summed E-state index contributed by atoms with van der Waals surface area (Å²) >= 11 is 0. The molecule has 39 heavy (non-hydrogen) atoms. The molecule has 0 radical (unpaired) electrons. The number of nitrogens with zero attached hydrogens (tertiary/aromatic N) is 4. The number of ether oxygens (including phenoxy) is 1. The van der Waals surface area contributed by atoms with Crippen molar-refractivity contribution in [2.45, 2.75) is 51.0 Å². The summed E-state index contributed by atoms with van der Waals surface area (Å²) in [6, 6.07) is 3.45. The van der Waals surface area contributed by atoms with E-state index in [0.717, 1.165) is 36.1 Å². The highest BCUT2D eigenvalue weighted by Crippen LogP contribution is 2.43. The molecule has 4 heterocycles. The third kappa shape index (κ3) is 5.50. The first-order chi connectivity index (χ1) is 18.8. The lowest BCUT2D eigenvalue weighted by Crippen LogP contribution is -2.49. The van der Waals surface area contributed by atoms with Crippen molar-refractivity contribution in [1.82, 2.24) is 25.3 Å². The summed E-state index contributed by atoms with van der Waals surface area (Å²) in [6.07, 6.45) is 3.81. The molecule has 11 heteroatoms. The number of fused-ring (bicyclic) bond motifs is 1. The molecule has 3 aliphatic heterocycles. The number of aromatic nitrogens is 2. The zero-order valence-electron chi connectivity index (χ0n) is 22.8. The first-order valence-corrected chi connectivity index (χ1v) is 13.6. The molecule has 9 nitrogen and oxygen atoms in total. The average Bonchev–Trinajstić information content (AvgIpc) is 3.38. The Hall–Kier alpha value is -3.47. The Morgan fingerprint density at radius 1 is 1.21 bits per heavy atom. The van der Waals surface area contributed by atoms with E-state index in [1.54, 1.807) is 42.1 Å². The number of anilines is 1. The van der Waals surface area contributed by atoms with E-state index in [2.05, 4.69) is 22.7 Å². The molecule has 0 spiro atoms. The van der Waals surface area contributed by atoms with Gasteiger partial charge in [0, 0.05) is 87.1 Å². The molecule has 0 aliphatic carbocycles. The standard InChI is InChI=1S/C28H37F2N7O2/c1-17-4-9-37(25-13-22(26(29)30)21(12-20(17)25)18-14-33-35(3)15-18)27(31)23-16-36(28(38)32-2)8-5-24(23)34-19-6-10-39-11-7-19/h12-15,17,19,26,31,34H,4-11,16H2,1-3H3,(H,32,38)/t17-/m0/s1. The Kier molecular flexibility index (Phi) is 7.88. The predicted molar refractivity (Wildman–Crippen MR) is 146 cm³/mol. The number of hydrogen-bond donors (Lipinski definition) is 3. The van der Waals surface area contributed by atoms with E-state index in [4.69, 9.17) is 4.74 Å². The summed E-state index contributed by atoms with van der Waals surface area (Å²) in [5, 5.41) is 19.9. The number of carbonyl (C=O) groups excluding carboxylic acids is 1. The van der Waals surface area contributed by atoms with Gasteiger partial charge in [0.2, 0.25) is 0 Å². The molecule has 1 saturated heterocycles. The summed E-state index contributed by atoms with van der Waals surface area (Å²) in [7, 11) is 3.36. The van der Waals surface area contributed by atoms with Gasteiger partial charge in [-0.15, -0.1) is 0 Å². The van der Waals surface area contributed by atoms with Gasteiger partial charge in [-0.3, -0.25) is 10.1 Å². The van der Waals surface area contributed by atoms with E-state index < -0.39 is 6.43 Å². The fraction of sp³-hybridized carbons (Fsp3) is 0.536. The van der Waals surface area contributed by atoms with Crippen LogP contribution in [-0.4, -0.2) is 72.5 Å². The van der Waals surface area contributed by atoms with Crippen LogP contribution in [0.4, 0.5) is 19.3 Å². The lowest BCUT2D eigenvalue weighted by molar-refractivity contribution is 0.0798. The second-order valence-corrected chi connectivity index (χ2v) is 10.6. The van der Waals surface area contributed by atoms with Crippen LogP contribution < -0.4 is 15.5 Å². The van der Waals surface area contributed by atoms with Crippen LogP contribution >= 0.6 is 0 Å². The number of amides is 2. The van der Waals surface area contributed by atoms with Crippen molar-refractivity contribution < 1.29 is 18.3 Å². The first kappa shape index (κ1) is 27.1. The molecule has 210 valence electrons. The fourth-order valence-corrected chi connectivity index (χ4v) is 5.79. The van der Waals surface area contributed by atoms with Gasteiger partial charge in [-0.05, 0) is 48.4 Å². The van der Waals surface area contributed by atoms with E-state index in [1.807, 2.05) is 11.0 Å². The Morgan fingerprint density at radius 2 is 1.97 bits per heavy atom. The van der Waals surface area contributed by atoms with Gasteiger partial charge >= 0.3 is 6.03 Å². The second-order valence-electron chi connectivity index (χ2n) is 10.6.